The van der Waals surface area contributed by atoms with Crippen molar-refractivity contribution < 1.29 is 132 Å². The predicted molar refractivity (Wildman–Crippen MR) is 533 cm³/mol. The molecular weight excluding hydrogens is 1890 g/mol. The van der Waals surface area contributed by atoms with Gasteiger partial charge in [0.05, 0.1) is 118 Å². The first-order chi connectivity index (χ1) is 70.0. The van der Waals surface area contributed by atoms with E-state index in [-0.39, 0.29) is 151 Å². The van der Waals surface area contributed by atoms with E-state index in [1.54, 1.807) is 24.8 Å². The van der Waals surface area contributed by atoms with Gasteiger partial charge in [-0.1, -0.05) is 141 Å². The van der Waals surface area contributed by atoms with Gasteiger partial charge in [0, 0.05) is 75.8 Å². The van der Waals surface area contributed by atoms with Crippen LogP contribution in [-0.4, -0.2) is 293 Å². The van der Waals surface area contributed by atoms with Gasteiger partial charge in [-0.25, -0.2) is 0 Å². The Morgan fingerprint density at radius 1 is 0.562 bits per heavy atom. The topological polar surface area (TPSA) is 545 Å². The number of nitrogens with zero attached hydrogens (tertiary/aromatic N) is 3. The Morgan fingerprint density at radius 2 is 1.21 bits per heavy atom. The number of carbonyl (C=O) groups is 10. The van der Waals surface area contributed by atoms with E-state index in [0.717, 1.165) is 102 Å². The molecule has 802 valence electrons. The van der Waals surface area contributed by atoms with Gasteiger partial charge in [0.2, 0.25) is 41.4 Å². The van der Waals surface area contributed by atoms with Crippen molar-refractivity contribution in [2.75, 3.05) is 97.8 Å². The van der Waals surface area contributed by atoms with Gasteiger partial charge in [0.15, 0.2) is 24.1 Å². The number of imide groups is 1. The smallest absolute Gasteiger partial charge is 0.246 e. The summed E-state index contributed by atoms with van der Waals surface area (Å²) < 4.78 is 46.5. The first-order valence-corrected chi connectivity index (χ1v) is 52.2. The zero-order valence-corrected chi connectivity index (χ0v) is 85.3. The van der Waals surface area contributed by atoms with E-state index in [4.69, 9.17) is 37.9 Å². The van der Waals surface area contributed by atoms with Gasteiger partial charge in [-0.15, -0.1) is 11.1 Å². The van der Waals surface area contributed by atoms with Crippen molar-refractivity contribution in [3.63, 3.8) is 0 Å². The number of para-hydroxylation sites is 1. The molecule has 4 fully saturated rings. The third-order valence-electron chi connectivity index (χ3n) is 32.0. The van der Waals surface area contributed by atoms with E-state index in [0.29, 0.717) is 87.9 Å². The molecule has 2 saturated carbocycles. The zero-order chi connectivity index (χ0) is 104. The lowest BCUT2D eigenvalue weighted by Crippen LogP contribution is -2.67. The van der Waals surface area contributed by atoms with Crippen molar-refractivity contribution in [2.45, 2.75) is 312 Å². The predicted octanol–water partition coefficient (Wildman–Crippen LogP) is 4.27. The van der Waals surface area contributed by atoms with E-state index in [2.05, 4.69) is 62.4 Å². The summed E-state index contributed by atoms with van der Waals surface area (Å²) in [6.07, 6.45) is -5.68. The van der Waals surface area contributed by atoms with Crippen molar-refractivity contribution in [3.05, 3.63) is 141 Å². The van der Waals surface area contributed by atoms with Crippen LogP contribution in [0.4, 0.5) is 5.69 Å². The first kappa shape index (κ1) is 112. The van der Waals surface area contributed by atoms with Gasteiger partial charge in [-0.05, 0) is 176 Å². The Balaban J connectivity index is 0.533. The number of amides is 7. The highest BCUT2D eigenvalue weighted by Gasteiger charge is 2.60. The van der Waals surface area contributed by atoms with Crippen LogP contribution < -0.4 is 53.4 Å². The molecule has 0 spiro atoms. The average Bonchev–Trinajstić information content (AvgIpc) is 0.817. The van der Waals surface area contributed by atoms with Gasteiger partial charge in [0.1, 0.15) is 85.2 Å². The molecule has 5 aliphatic heterocycles. The number of allylic oxidation sites excluding steroid dienone is 1. The van der Waals surface area contributed by atoms with Gasteiger partial charge in [-0.2, -0.15) is 0 Å². The minimum Gasteiger partial charge on any atom is -0.508 e. The van der Waals surface area contributed by atoms with Crippen molar-refractivity contribution in [1.82, 2.24) is 58.5 Å². The number of Topliss-reactive ketones (excluding diaryl/α,β-unsaturated/α-hetero) is 3. The number of aliphatic hydroxyl groups is 8. The summed E-state index contributed by atoms with van der Waals surface area (Å²) in [5, 5.41) is 114. The number of hydrazine groups is 4. The molecule has 10 aliphatic rings. The molecular formula is C107H152N12O27. The Morgan fingerprint density at radius 3 is 1.88 bits per heavy atom. The number of carbonyl (C=O) groups excluding carboxylic acids is 10. The van der Waals surface area contributed by atoms with Crippen molar-refractivity contribution in [1.29, 1.82) is 0 Å². The molecule has 7 amide bonds. The molecule has 0 bridgehead atoms. The molecule has 2 saturated heterocycles. The number of benzene rings is 4. The molecule has 0 radical (unpaired) electrons. The van der Waals surface area contributed by atoms with Crippen LogP contribution in [0.5, 0.6) is 5.75 Å². The van der Waals surface area contributed by atoms with E-state index in [1.807, 2.05) is 105 Å². The maximum Gasteiger partial charge on any atom is 0.246 e. The fourth-order valence-corrected chi connectivity index (χ4v) is 23.8. The number of aliphatic hydroxyl groups excluding tert-OH is 8. The fourth-order valence-electron chi connectivity index (χ4n) is 23.8. The number of fused-ring (bicyclic) bond motifs is 10. The van der Waals surface area contributed by atoms with Crippen molar-refractivity contribution >= 4 is 75.8 Å². The van der Waals surface area contributed by atoms with Gasteiger partial charge >= 0.3 is 0 Å². The summed E-state index contributed by atoms with van der Waals surface area (Å²) in [5.41, 5.74) is 21.5. The molecule has 5 heterocycles. The lowest BCUT2D eigenvalue weighted by atomic mass is 9.49. The highest BCUT2D eigenvalue weighted by Crippen LogP contribution is 2.60. The summed E-state index contributed by atoms with van der Waals surface area (Å²) in [4.78, 5) is 144. The van der Waals surface area contributed by atoms with Gasteiger partial charge in [0.25, 0.3) is 0 Å². The number of ketones is 3. The third-order valence-corrected chi connectivity index (χ3v) is 32.0. The molecule has 39 nitrogen and oxygen atoms in total. The lowest BCUT2D eigenvalue weighted by Gasteiger charge is -2.56. The molecule has 1 unspecified atom stereocenters. The monoisotopic (exact) mass is 2040 g/mol. The molecule has 39 heteroatoms. The van der Waals surface area contributed by atoms with Crippen LogP contribution in [0.3, 0.4) is 0 Å². The normalized spacial score (nSPS) is 28.1. The number of ether oxygens (including phenoxy) is 8. The summed E-state index contributed by atoms with van der Waals surface area (Å²) >= 11 is 0. The Bertz CT molecular complexity index is 5310. The number of aromatic hydroxyl groups is 1. The first-order valence-electron chi connectivity index (χ1n) is 52.2. The maximum atomic E-state index is 15.0. The molecule has 0 aromatic heterocycles. The second-order valence-corrected chi connectivity index (χ2v) is 42.2. The van der Waals surface area contributed by atoms with Crippen molar-refractivity contribution in [2.24, 2.45) is 34.5 Å². The van der Waals surface area contributed by atoms with Crippen LogP contribution in [0.2, 0.25) is 0 Å². The number of rotatable bonds is 47. The number of phenols is 1. The second kappa shape index (κ2) is 50.6. The molecule has 5 aliphatic carbocycles. The average molecular weight is 2040 g/mol. The van der Waals surface area contributed by atoms with Crippen LogP contribution in [0.1, 0.15) is 234 Å². The zero-order valence-electron chi connectivity index (χ0n) is 85.3. The van der Waals surface area contributed by atoms with Crippen molar-refractivity contribution in [3.8, 4) is 5.75 Å². The number of unbranched alkanes of at least 4 members (excludes halogenated alkanes) is 1. The van der Waals surface area contributed by atoms with E-state index in [1.165, 1.54) is 17.5 Å². The summed E-state index contributed by atoms with van der Waals surface area (Å²) in [5.74, 6) is -5.70. The number of phenolic OH excluding ortho intramolecular Hbond substituents is 1. The highest BCUT2D eigenvalue weighted by atomic mass is 16.7. The van der Waals surface area contributed by atoms with Crippen LogP contribution in [0.15, 0.2) is 96.3 Å². The Kier molecular flexibility index (Phi) is 38.8. The Hall–Kier alpha value is -9.86. The minimum atomic E-state index is -1.85. The standard InChI is InChI=1S/C107H152N12O27/c1-62(2)88(79(126)53-63(3)98(135)110-75(58-120)78(125)55-64-29-30-65-32-36-83-104(4,72(65)54-64)40-19-42-106(83,6)102(137)112-103(138)107(7)43-20-41-105(5)73-56-69(124)34-31-66(73)33-37-84(105)107)111-99(136)74(25-16-17-44-108-86(128)61-143-80-28-11-9-10-27-77-90(80)114-116-119(77)100-95(133)94(132)97(82(60-122)144-100)146-101-96(134)93(131)92(130)81(59-121)145-101)109-85(127)39-46-140-48-50-142-52-51-141-49-47-139-45-18-22-68(123)35-38-87(129)118-57-67-21-12-13-23-70(67)91-89(113-115-117(91)8)71-24-14-15-26-76(71)118/h12-15,21,23-24,26,29-31,34,54,56,62-63,74-75,80-84,88,92-97,100-101,113-116,120-122,124,130-134H,9-11,16-20,22,25,27-28,32-33,35-53,55,57-61H2,1-8H3,(H,108,128)(H,109,127)(H,110,135)(H,111,136)(H,112,137,138)/t63-,74-,75+,80?,81-,82-,83-,84-,88+,92-,93+,94-,95-,96-,97-,100+,101-,104-,105-,106+,107+/m1/s1. The summed E-state index contributed by atoms with van der Waals surface area (Å²) in [7, 11) is 1.93. The number of hydrogen-bond donors (Lipinski definition) is 18. The minimum absolute atomic E-state index is 0.0342. The highest BCUT2D eigenvalue weighted by molar-refractivity contribution is 6.04. The maximum absolute atomic E-state index is 15.0. The van der Waals surface area contributed by atoms with E-state index < -0.39 is 175 Å². The molecule has 18 N–H and O–H groups in total. The lowest BCUT2D eigenvalue weighted by molar-refractivity contribution is -0.349. The number of nitrogens with one attached hydrogen (secondary N) is 9. The summed E-state index contributed by atoms with van der Waals surface area (Å²) in [6, 6.07) is 23.4. The molecule has 4 aromatic rings. The third kappa shape index (κ3) is 25.7. The van der Waals surface area contributed by atoms with E-state index in [9.17, 15) is 93.9 Å². The second-order valence-electron chi connectivity index (χ2n) is 42.2. The largest absolute Gasteiger partial charge is 0.508 e. The number of aryl methyl sites for hydroxylation is 2. The fraction of sp³-hybridized carbons (Fsp3) is 0.645. The van der Waals surface area contributed by atoms with Gasteiger partial charge in [-0.3, -0.25) is 63.3 Å². The Labute approximate surface area is 852 Å². The SMILES string of the molecule is CC(C)[C@H](NC(=O)[C@@H](CCCCNC(=O)COC1CCCCCC2=C1NNN2[C@H]1O[C@H](CO)[C@@H](O[C@H]2O[C@H](CO)[C@@H](O)[C@H](O)[C@H]2O)[C@H](O)[C@H]1O)NC(=O)CCOCCOCCOCCOCCCC(=O)CCC(=O)N1Cc2ccccc2C2=C(NNN2C)c2ccccc21)C(=O)C[C@@H](C)C(=O)N[C@@H](CO)C(=O)Cc1ccc2c(c1)[C@@]1(C)CCC[C@](C)(C(=O)NC(=O)[C@@]3(C)CCC[C@]4(C)c5cc(O)ccc5CC[C@@H]34)[C@@H]1CC2. The molecule has 4 aromatic carbocycles. The van der Waals surface area contributed by atoms with Crippen LogP contribution in [0.25, 0.3) is 11.4 Å². The molecule has 21 atom stereocenters. The summed E-state index contributed by atoms with van der Waals surface area (Å²) in [6.45, 7) is 12.7. The molecule has 146 heavy (non-hydrogen) atoms. The van der Waals surface area contributed by atoms with E-state index >= 15 is 0 Å². The van der Waals surface area contributed by atoms with Crippen LogP contribution in [0, 0.1) is 34.5 Å². The number of anilines is 1. The van der Waals surface area contributed by atoms with Crippen LogP contribution >= 0.6 is 0 Å². The van der Waals surface area contributed by atoms with Gasteiger partial charge < -0.3 is 121 Å². The molecule has 14 rings (SSSR count). The number of hydrogen-bond acceptors (Lipinski definition) is 33. The quantitative estimate of drug-likeness (QED) is 0.0217. The van der Waals surface area contributed by atoms with Crippen LogP contribution in [-0.2, 0) is 122 Å².